The molecule has 5 nitrogen and oxygen atoms in total. The molecule has 0 aliphatic heterocycles. The van der Waals surface area contributed by atoms with Crippen LogP contribution in [-0.4, -0.2) is 31.9 Å². The van der Waals surface area contributed by atoms with Crippen molar-refractivity contribution in [3.63, 3.8) is 0 Å². The van der Waals surface area contributed by atoms with Crippen molar-refractivity contribution in [2.24, 2.45) is 0 Å². The summed E-state index contributed by atoms with van der Waals surface area (Å²) in [6, 6.07) is 2.34. The topological polar surface area (TPSA) is 62.6 Å². The Bertz CT molecular complexity index is 576. The van der Waals surface area contributed by atoms with Gasteiger partial charge < -0.3 is 9.73 Å². The van der Waals surface area contributed by atoms with Crippen LogP contribution in [0, 0.1) is 0 Å². The normalized spacial score (nSPS) is 20.2. The molecule has 2 aliphatic carbocycles. The third-order valence-electron chi connectivity index (χ3n) is 3.57. The highest BCUT2D eigenvalue weighted by atomic mass is 79.9. The van der Waals surface area contributed by atoms with Crippen molar-refractivity contribution in [2.75, 3.05) is 7.05 Å². The van der Waals surface area contributed by atoms with Crippen LogP contribution in [0.3, 0.4) is 0 Å². The van der Waals surface area contributed by atoms with Crippen LogP contribution in [-0.2, 0) is 16.6 Å². The number of hydrogen-bond acceptors (Lipinski definition) is 4. The summed E-state index contributed by atoms with van der Waals surface area (Å²) < 4.78 is 32.0. The molecule has 2 aliphatic rings. The summed E-state index contributed by atoms with van der Waals surface area (Å²) in [6.07, 6.45) is 4.28. The molecule has 1 N–H and O–H groups in total. The predicted octanol–water partition coefficient (Wildman–Crippen LogP) is 2.08. The van der Waals surface area contributed by atoms with Gasteiger partial charge in [-0.25, -0.2) is 8.42 Å². The highest BCUT2D eigenvalue weighted by Crippen LogP contribution is 2.34. The molecule has 0 aromatic carbocycles. The van der Waals surface area contributed by atoms with Gasteiger partial charge in [0.1, 0.15) is 10.7 Å². The molecule has 1 heterocycles. The Kier molecular flexibility index (Phi) is 3.49. The molecule has 0 spiro atoms. The lowest BCUT2D eigenvalue weighted by atomic mass is 10.4. The van der Waals surface area contributed by atoms with E-state index in [2.05, 4.69) is 21.2 Å². The summed E-state index contributed by atoms with van der Waals surface area (Å²) in [5, 5.41) is 3.31. The highest BCUT2D eigenvalue weighted by molar-refractivity contribution is 9.10. The summed E-state index contributed by atoms with van der Waals surface area (Å²) in [5.41, 5.74) is 0. The van der Waals surface area contributed by atoms with E-state index in [1.165, 1.54) is 17.1 Å². The number of furan rings is 1. The second-order valence-corrected chi connectivity index (χ2v) is 7.94. The molecule has 7 heteroatoms. The Hall–Kier alpha value is -0.370. The van der Waals surface area contributed by atoms with Gasteiger partial charge in [0.2, 0.25) is 10.0 Å². The number of rotatable bonds is 6. The van der Waals surface area contributed by atoms with Gasteiger partial charge in [0, 0.05) is 25.2 Å². The lowest BCUT2D eigenvalue weighted by molar-refractivity contribution is 0.449. The zero-order chi connectivity index (χ0) is 13.6. The molecule has 3 rings (SSSR count). The maximum absolute atomic E-state index is 12.4. The van der Waals surface area contributed by atoms with E-state index in [0.717, 1.165) is 12.8 Å². The Morgan fingerprint density at radius 1 is 1.42 bits per heavy atom. The minimum absolute atomic E-state index is 0.153. The lowest BCUT2D eigenvalue weighted by Gasteiger charge is -2.14. The number of nitrogens with zero attached hydrogens (tertiary/aromatic N) is 1. The summed E-state index contributed by atoms with van der Waals surface area (Å²) >= 11 is 3.21. The van der Waals surface area contributed by atoms with E-state index >= 15 is 0 Å². The Labute approximate surface area is 121 Å². The van der Waals surface area contributed by atoms with Gasteiger partial charge in [0.05, 0.1) is 6.54 Å². The van der Waals surface area contributed by atoms with Crippen LogP contribution in [0.4, 0.5) is 0 Å². The molecular weight excluding hydrogens is 332 g/mol. The molecule has 1 aromatic rings. The van der Waals surface area contributed by atoms with Crippen molar-refractivity contribution >= 4 is 26.0 Å². The average molecular weight is 349 g/mol. The first-order chi connectivity index (χ1) is 8.98. The van der Waals surface area contributed by atoms with Crippen molar-refractivity contribution in [1.82, 2.24) is 9.62 Å². The zero-order valence-corrected chi connectivity index (χ0v) is 13.1. The van der Waals surface area contributed by atoms with Gasteiger partial charge in [-0.2, -0.15) is 4.31 Å². The fourth-order valence-corrected chi connectivity index (χ4v) is 4.36. The van der Waals surface area contributed by atoms with Crippen molar-refractivity contribution in [3.05, 3.63) is 16.5 Å². The summed E-state index contributed by atoms with van der Waals surface area (Å²) in [4.78, 5) is 0.231. The lowest BCUT2D eigenvalue weighted by Crippen LogP contribution is -2.28. The predicted molar refractivity (Wildman–Crippen MR) is 74.2 cm³/mol. The van der Waals surface area contributed by atoms with Crippen molar-refractivity contribution in [3.8, 4) is 0 Å². The van der Waals surface area contributed by atoms with Gasteiger partial charge in [0.15, 0.2) is 4.67 Å². The molecular formula is C12H17BrN2O3S. The molecule has 2 fully saturated rings. The Morgan fingerprint density at radius 3 is 2.68 bits per heavy atom. The number of halogens is 1. The molecule has 0 amide bonds. The SMILES string of the molecule is CN(C1CC1)S(=O)(=O)c1cc(CNC2CC2)oc1Br. The van der Waals surface area contributed by atoms with Crippen LogP contribution < -0.4 is 5.32 Å². The molecule has 0 radical (unpaired) electrons. The summed E-state index contributed by atoms with van der Waals surface area (Å²) in [6.45, 7) is 0.575. The first kappa shape index (κ1) is 13.6. The summed E-state index contributed by atoms with van der Waals surface area (Å²) in [7, 11) is -1.81. The largest absolute Gasteiger partial charge is 0.452 e. The summed E-state index contributed by atoms with van der Waals surface area (Å²) in [5.74, 6) is 0.654. The quantitative estimate of drug-likeness (QED) is 0.854. The van der Waals surface area contributed by atoms with Gasteiger partial charge >= 0.3 is 0 Å². The van der Waals surface area contributed by atoms with Gasteiger partial charge in [0.25, 0.3) is 0 Å². The Morgan fingerprint density at radius 2 is 2.11 bits per heavy atom. The van der Waals surface area contributed by atoms with Crippen LogP contribution in [0.2, 0.25) is 0 Å². The zero-order valence-electron chi connectivity index (χ0n) is 10.7. The third kappa shape index (κ3) is 2.89. The van der Waals surface area contributed by atoms with Crippen molar-refractivity contribution < 1.29 is 12.8 Å². The van der Waals surface area contributed by atoms with Crippen LogP contribution in [0.15, 0.2) is 20.0 Å². The van der Waals surface area contributed by atoms with E-state index in [0.29, 0.717) is 23.0 Å². The fraction of sp³-hybridized carbons (Fsp3) is 0.667. The first-order valence-corrected chi connectivity index (χ1v) is 8.71. The molecule has 19 heavy (non-hydrogen) atoms. The maximum atomic E-state index is 12.4. The van der Waals surface area contributed by atoms with Gasteiger partial charge in [-0.15, -0.1) is 0 Å². The first-order valence-electron chi connectivity index (χ1n) is 6.48. The molecule has 2 saturated carbocycles. The van der Waals surface area contributed by atoms with Crippen molar-refractivity contribution in [2.45, 2.75) is 49.2 Å². The smallest absolute Gasteiger partial charge is 0.247 e. The Balaban J connectivity index is 1.78. The third-order valence-corrected chi connectivity index (χ3v) is 6.33. The molecule has 0 bridgehead atoms. The molecule has 0 atom stereocenters. The van der Waals surface area contributed by atoms with E-state index in [1.807, 2.05) is 0 Å². The van der Waals surface area contributed by atoms with Gasteiger partial charge in [-0.1, -0.05) is 0 Å². The van der Waals surface area contributed by atoms with E-state index in [1.54, 1.807) is 13.1 Å². The number of nitrogens with one attached hydrogen (secondary N) is 1. The van der Waals surface area contributed by atoms with Crippen LogP contribution in [0.1, 0.15) is 31.4 Å². The molecule has 0 unspecified atom stereocenters. The van der Waals surface area contributed by atoms with Gasteiger partial charge in [-0.05, 0) is 41.6 Å². The standard InChI is InChI=1S/C12H17BrN2O3S/c1-15(9-4-5-9)19(16,17)11-6-10(18-12(11)13)7-14-8-2-3-8/h6,8-9,14H,2-5,7H2,1H3. The molecule has 106 valence electrons. The van der Waals surface area contributed by atoms with E-state index < -0.39 is 10.0 Å². The monoisotopic (exact) mass is 348 g/mol. The highest BCUT2D eigenvalue weighted by Gasteiger charge is 2.37. The van der Waals surface area contributed by atoms with Crippen LogP contribution >= 0.6 is 15.9 Å². The minimum Gasteiger partial charge on any atom is -0.452 e. The van der Waals surface area contributed by atoms with Gasteiger partial charge in [-0.3, -0.25) is 0 Å². The van der Waals surface area contributed by atoms with Crippen molar-refractivity contribution in [1.29, 1.82) is 0 Å². The number of hydrogen-bond donors (Lipinski definition) is 1. The van der Waals surface area contributed by atoms with Crippen LogP contribution in [0.5, 0.6) is 0 Å². The second kappa shape index (κ2) is 4.87. The molecule has 0 saturated heterocycles. The maximum Gasteiger partial charge on any atom is 0.247 e. The van der Waals surface area contributed by atoms with E-state index in [9.17, 15) is 8.42 Å². The van der Waals surface area contributed by atoms with E-state index in [4.69, 9.17) is 4.42 Å². The number of sulfonamides is 1. The minimum atomic E-state index is -3.44. The van der Waals surface area contributed by atoms with E-state index in [-0.39, 0.29) is 10.9 Å². The van der Waals surface area contributed by atoms with Crippen LogP contribution in [0.25, 0.3) is 0 Å². The fourth-order valence-electron chi connectivity index (χ4n) is 1.98. The second-order valence-electron chi connectivity index (χ2n) is 5.26. The molecule has 1 aromatic heterocycles. The average Bonchev–Trinajstić information content (AvgIpc) is 3.24.